The van der Waals surface area contributed by atoms with Gasteiger partial charge < -0.3 is 0 Å². The molecule has 0 N–H and O–H groups in total. The molecule has 0 saturated heterocycles. The van der Waals surface area contributed by atoms with E-state index in [9.17, 15) is 0 Å². The molecule has 0 unspecified atom stereocenters. The van der Waals surface area contributed by atoms with Gasteiger partial charge in [0, 0.05) is 10.8 Å². The van der Waals surface area contributed by atoms with Gasteiger partial charge in [-0.1, -0.05) is 88.8 Å². The molecule has 0 aromatic carbocycles. The van der Waals surface area contributed by atoms with Gasteiger partial charge in [0.15, 0.2) is 0 Å². The summed E-state index contributed by atoms with van der Waals surface area (Å²) in [5, 5.41) is 0. The Balaban J connectivity index is 3.28. The fourth-order valence-electron chi connectivity index (χ4n) is 6.59. The zero-order valence-corrected chi connectivity index (χ0v) is 19.5. The molecule has 0 nitrogen and oxygen atoms in total. The van der Waals surface area contributed by atoms with Gasteiger partial charge in [-0.2, -0.15) is 0 Å². The predicted molar refractivity (Wildman–Crippen MR) is 113 cm³/mol. The minimum atomic E-state index is 0.0444. The van der Waals surface area contributed by atoms with Crippen LogP contribution in [-0.2, 0) is 0 Å². The molecule has 3 aliphatic rings. The molecule has 0 heteroatoms. The van der Waals surface area contributed by atoms with Crippen LogP contribution in [0.2, 0.25) is 0 Å². The highest BCUT2D eigenvalue weighted by atomic mass is 14.6. The maximum atomic E-state index is 2.53. The smallest absolute Gasteiger partial charge is 0.0180 e. The second-order valence-corrected chi connectivity index (χ2v) is 10.9. The Morgan fingerprint density at radius 3 is 0.960 bits per heavy atom. The van der Waals surface area contributed by atoms with Crippen molar-refractivity contribution in [3.8, 4) is 0 Å². The number of hydrogen-bond donors (Lipinski definition) is 0. The van der Waals surface area contributed by atoms with Crippen LogP contribution in [0.1, 0.15) is 96.9 Å². The van der Waals surface area contributed by atoms with E-state index in [0.29, 0.717) is 0 Å². The first-order valence-corrected chi connectivity index (χ1v) is 10.0. The molecule has 25 heavy (non-hydrogen) atoms. The van der Waals surface area contributed by atoms with Crippen molar-refractivity contribution in [1.82, 2.24) is 0 Å². The van der Waals surface area contributed by atoms with Crippen molar-refractivity contribution in [2.24, 2.45) is 27.1 Å². The third-order valence-electron chi connectivity index (χ3n) is 10.5. The van der Waals surface area contributed by atoms with Crippen LogP contribution in [0.25, 0.3) is 0 Å². The summed E-state index contributed by atoms with van der Waals surface area (Å²) in [7, 11) is 0. The van der Waals surface area contributed by atoms with E-state index in [1.54, 1.807) is 33.4 Å². The lowest BCUT2D eigenvalue weighted by atomic mass is 9.39. The highest BCUT2D eigenvalue weighted by Crippen LogP contribution is 2.70. The van der Waals surface area contributed by atoms with E-state index in [1.807, 2.05) is 0 Å². The molecule has 0 atom stereocenters. The zero-order chi connectivity index (χ0) is 20.0. The summed E-state index contributed by atoms with van der Waals surface area (Å²) in [4.78, 5) is 0. The van der Waals surface area contributed by atoms with Gasteiger partial charge in [0.2, 0.25) is 0 Å². The Hall–Kier alpha value is -0.780. The Labute approximate surface area is 157 Å². The van der Waals surface area contributed by atoms with Crippen molar-refractivity contribution in [2.75, 3.05) is 0 Å². The Bertz CT molecular complexity index is 675. The van der Waals surface area contributed by atoms with Crippen LogP contribution >= 0.6 is 0 Å². The largest absolute Gasteiger partial charge is 0.0669 e. The molecule has 142 valence electrons. The van der Waals surface area contributed by atoms with Gasteiger partial charge >= 0.3 is 0 Å². The highest BCUT2D eigenvalue weighted by molar-refractivity contribution is 5.51. The number of allylic oxidation sites excluding steroid dienone is 6. The van der Waals surface area contributed by atoms with Crippen molar-refractivity contribution in [1.29, 1.82) is 0 Å². The van der Waals surface area contributed by atoms with E-state index in [4.69, 9.17) is 0 Å². The summed E-state index contributed by atoms with van der Waals surface area (Å²) < 4.78 is 0. The minimum Gasteiger partial charge on any atom is -0.0669 e. The van der Waals surface area contributed by atoms with Gasteiger partial charge in [-0.3, -0.25) is 0 Å². The van der Waals surface area contributed by atoms with E-state index in [2.05, 4.69) is 96.9 Å². The van der Waals surface area contributed by atoms with Gasteiger partial charge in [0.25, 0.3) is 0 Å². The van der Waals surface area contributed by atoms with Gasteiger partial charge in [0.05, 0.1) is 0 Å². The number of fused-ring (bicyclic) bond motifs is 3. The van der Waals surface area contributed by atoms with Crippen LogP contribution in [0.15, 0.2) is 33.4 Å². The van der Waals surface area contributed by atoms with E-state index >= 15 is 0 Å². The third kappa shape index (κ3) is 1.90. The Morgan fingerprint density at radius 1 is 0.360 bits per heavy atom. The van der Waals surface area contributed by atoms with E-state index in [1.165, 1.54) is 0 Å². The lowest BCUT2D eigenvalue weighted by molar-refractivity contribution is 0.0268. The topological polar surface area (TPSA) is 0 Å². The summed E-state index contributed by atoms with van der Waals surface area (Å²) in [6, 6.07) is 0. The predicted octanol–water partition coefficient (Wildman–Crippen LogP) is 8.11. The summed E-state index contributed by atoms with van der Waals surface area (Å²) in [6.07, 6.45) is 0. The summed E-state index contributed by atoms with van der Waals surface area (Å²) >= 11 is 0. The molecule has 3 rings (SSSR count). The molecule has 0 saturated carbocycles. The molecular formula is C25H42. The molecule has 0 spiro atoms. The first kappa shape index (κ1) is 20.5. The van der Waals surface area contributed by atoms with Gasteiger partial charge in [-0.15, -0.1) is 0 Å². The normalized spacial score (nSPS) is 45.8. The van der Waals surface area contributed by atoms with Gasteiger partial charge in [0.1, 0.15) is 0 Å². The van der Waals surface area contributed by atoms with Crippen LogP contribution in [0, 0.1) is 27.1 Å². The average Bonchev–Trinajstić information content (AvgIpc) is 2.53. The number of rotatable bonds is 0. The molecule has 0 aliphatic heterocycles. The van der Waals surface area contributed by atoms with E-state index in [0.717, 1.165) is 0 Å². The first-order chi connectivity index (χ1) is 10.9. The summed E-state index contributed by atoms with van der Waals surface area (Å²) in [5.41, 5.74) is 9.91. The molecule has 0 aromatic heterocycles. The molecule has 0 radical (unpaired) electrons. The van der Waals surface area contributed by atoms with Crippen molar-refractivity contribution < 1.29 is 0 Å². The molecule has 0 fully saturated rings. The lowest BCUT2D eigenvalue weighted by Gasteiger charge is -2.64. The molecule has 0 amide bonds. The van der Waals surface area contributed by atoms with Gasteiger partial charge in [-0.05, 0) is 57.8 Å². The molecule has 2 bridgehead atoms. The summed E-state index contributed by atoms with van der Waals surface area (Å²) in [6.45, 7) is 34.3. The maximum absolute atomic E-state index is 2.53. The minimum absolute atomic E-state index is 0.0444. The lowest BCUT2D eigenvalue weighted by Crippen LogP contribution is -2.55. The van der Waals surface area contributed by atoms with Crippen molar-refractivity contribution in [3.63, 3.8) is 0 Å². The maximum Gasteiger partial charge on any atom is 0.0180 e. The third-order valence-corrected chi connectivity index (χ3v) is 10.5. The standard InChI is InChI=1S/C25H42/c1-15-18(4)24(13)19(5)16(2)23(11,12)25(14,22(15,9)10)20(6)17(3)21(24,7)8/h1-14H3/b18-15-,19-16-,20-17-. The highest BCUT2D eigenvalue weighted by Gasteiger charge is 2.61. The van der Waals surface area contributed by atoms with Crippen LogP contribution < -0.4 is 0 Å². The van der Waals surface area contributed by atoms with Crippen LogP contribution in [-0.4, -0.2) is 0 Å². The van der Waals surface area contributed by atoms with Gasteiger partial charge in [-0.25, -0.2) is 0 Å². The fraction of sp³-hybridized carbons (Fsp3) is 0.760. The van der Waals surface area contributed by atoms with Crippen molar-refractivity contribution in [2.45, 2.75) is 96.9 Å². The molecule has 3 aliphatic carbocycles. The fourth-order valence-corrected chi connectivity index (χ4v) is 6.59. The average molecular weight is 343 g/mol. The van der Waals surface area contributed by atoms with Crippen LogP contribution in [0.4, 0.5) is 0 Å². The van der Waals surface area contributed by atoms with Crippen LogP contribution in [0.5, 0.6) is 0 Å². The summed E-state index contributed by atoms with van der Waals surface area (Å²) in [5.74, 6) is 0. The van der Waals surface area contributed by atoms with Crippen molar-refractivity contribution in [3.05, 3.63) is 33.4 Å². The molecule has 0 heterocycles. The van der Waals surface area contributed by atoms with E-state index < -0.39 is 0 Å². The Kier molecular flexibility index (Phi) is 4.22. The molecular weight excluding hydrogens is 300 g/mol. The second-order valence-electron chi connectivity index (χ2n) is 10.9. The zero-order valence-electron chi connectivity index (χ0n) is 19.5. The number of hydrogen-bond acceptors (Lipinski definition) is 0. The van der Waals surface area contributed by atoms with E-state index in [-0.39, 0.29) is 27.1 Å². The second kappa shape index (κ2) is 5.14. The molecule has 0 aromatic rings. The Morgan fingerprint density at radius 2 is 0.640 bits per heavy atom. The monoisotopic (exact) mass is 342 g/mol. The SMILES string of the molecule is C/C1=C(\C)C2(C)C(C)(C)/C(C)=C(/C)C(C)(/C(C)=C(/C)C2(C)C)C1(C)C. The first-order valence-electron chi connectivity index (χ1n) is 10.0. The van der Waals surface area contributed by atoms with Crippen LogP contribution in [0.3, 0.4) is 0 Å². The quantitative estimate of drug-likeness (QED) is 0.390. The van der Waals surface area contributed by atoms with Crippen molar-refractivity contribution >= 4 is 0 Å².